The van der Waals surface area contributed by atoms with Gasteiger partial charge >= 0.3 is 0 Å². The Balaban J connectivity index is 1.34. The van der Waals surface area contributed by atoms with Crippen molar-refractivity contribution in [3.05, 3.63) is 140 Å². The molecule has 0 amide bonds. The Bertz CT molecular complexity index is 2040. The van der Waals surface area contributed by atoms with E-state index in [0.717, 1.165) is 44.7 Å². The molecule has 0 saturated carbocycles. The van der Waals surface area contributed by atoms with E-state index in [1.54, 1.807) is 0 Å². The SMILES string of the molecule is c1ccc2cc(-c3cc(-c4ccc5ccccc5c4)nc(-c4cc5cc6ccccc6cn5n4)c3)ccc2c1. The third-order valence-electron chi connectivity index (χ3n) is 7.54. The van der Waals surface area contributed by atoms with Crippen LogP contribution < -0.4 is 0 Å². The van der Waals surface area contributed by atoms with E-state index in [0.29, 0.717) is 0 Å². The van der Waals surface area contributed by atoms with Crippen molar-refractivity contribution >= 4 is 37.8 Å². The minimum Gasteiger partial charge on any atom is -0.246 e. The highest BCUT2D eigenvalue weighted by molar-refractivity contribution is 5.91. The van der Waals surface area contributed by atoms with Crippen LogP contribution in [0.3, 0.4) is 0 Å². The second-order valence-corrected chi connectivity index (χ2v) is 10.1. The third kappa shape index (κ3) is 3.84. The largest absolute Gasteiger partial charge is 0.246 e. The molecule has 3 heterocycles. The molecular formula is C36H23N3. The van der Waals surface area contributed by atoms with Crippen molar-refractivity contribution in [3.63, 3.8) is 0 Å². The van der Waals surface area contributed by atoms with Crippen molar-refractivity contribution in [2.75, 3.05) is 0 Å². The molecule has 0 atom stereocenters. The molecule has 182 valence electrons. The maximum Gasteiger partial charge on any atom is 0.112 e. The second-order valence-electron chi connectivity index (χ2n) is 10.1. The molecule has 0 bridgehead atoms. The predicted molar refractivity (Wildman–Crippen MR) is 162 cm³/mol. The van der Waals surface area contributed by atoms with Crippen LogP contribution >= 0.6 is 0 Å². The van der Waals surface area contributed by atoms with Crippen molar-refractivity contribution < 1.29 is 0 Å². The van der Waals surface area contributed by atoms with Crippen molar-refractivity contribution in [2.45, 2.75) is 0 Å². The Labute approximate surface area is 225 Å². The van der Waals surface area contributed by atoms with E-state index >= 15 is 0 Å². The smallest absolute Gasteiger partial charge is 0.112 e. The molecule has 0 spiro atoms. The van der Waals surface area contributed by atoms with Gasteiger partial charge in [-0.1, -0.05) is 97.1 Å². The summed E-state index contributed by atoms with van der Waals surface area (Å²) < 4.78 is 1.96. The van der Waals surface area contributed by atoms with E-state index in [-0.39, 0.29) is 0 Å². The second kappa shape index (κ2) is 8.64. The van der Waals surface area contributed by atoms with Gasteiger partial charge in [0, 0.05) is 17.1 Å². The molecule has 3 aromatic heterocycles. The van der Waals surface area contributed by atoms with Gasteiger partial charge in [-0.15, -0.1) is 0 Å². The number of pyridine rings is 2. The van der Waals surface area contributed by atoms with Gasteiger partial charge in [-0.2, -0.15) is 5.10 Å². The summed E-state index contributed by atoms with van der Waals surface area (Å²) in [4.78, 5) is 5.16. The van der Waals surface area contributed by atoms with Crippen molar-refractivity contribution in [2.24, 2.45) is 0 Å². The summed E-state index contributed by atoms with van der Waals surface area (Å²) in [5.74, 6) is 0. The highest BCUT2D eigenvalue weighted by atomic mass is 15.2. The number of hydrogen-bond acceptors (Lipinski definition) is 2. The Kier molecular flexibility index (Phi) is 4.82. The number of aromatic nitrogens is 3. The quantitative estimate of drug-likeness (QED) is 0.244. The summed E-state index contributed by atoms with van der Waals surface area (Å²) in [5, 5.41) is 12.2. The topological polar surface area (TPSA) is 30.2 Å². The number of hydrogen-bond donors (Lipinski definition) is 0. The molecule has 0 radical (unpaired) electrons. The van der Waals surface area contributed by atoms with Crippen LogP contribution in [0.25, 0.3) is 71.6 Å². The first-order chi connectivity index (χ1) is 19.3. The number of benzene rings is 5. The van der Waals surface area contributed by atoms with Gasteiger partial charge < -0.3 is 0 Å². The van der Waals surface area contributed by atoms with Gasteiger partial charge in [-0.3, -0.25) is 0 Å². The lowest BCUT2D eigenvalue weighted by molar-refractivity contribution is 0.970. The Morgan fingerprint density at radius 2 is 0.949 bits per heavy atom. The summed E-state index contributed by atoms with van der Waals surface area (Å²) in [7, 11) is 0. The third-order valence-corrected chi connectivity index (χ3v) is 7.54. The summed E-state index contributed by atoms with van der Waals surface area (Å²) in [5.41, 5.74) is 7.07. The molecule has 8 rings (SSSR count). The normalized spacial score (nSPS) is 11.6. The molecule has 3 nitrogen and oxygen atoms in total. The maximum atomic E-state index is 5.16. The Hall–Kier alpha value is -5.28. The van der Waals surface area contributed by atoms with Crippen molar-refractivity contribution in [1.29, 1.82) is 0 Å². The molecule has 8 aromatic rings. The highest BCUT2D eigenvalue weighted by Gasteiger charge is 2.13. The fraction of sp³-hybridized carbons (Fsp3) is 0. The lowest BCUT2D eigenvalue weighted by Gasteiger charge is -2.10. The maximum absolute atomic E-state index is 5.16. The molecule has 3 heteroatoms. The first-order valence-corrected chi connectivity index (χ1v) is 13.2. The average Bonchev–Trinajstić information content (AvgIpc) is 3.42. The molecule has 0 saturated heterocycles. The van der Waals surface area contributed by atoms with Crippen LogP contribution in [-0.4, -0.2) is 14.6 Å². The summed E-state index contributed by atoms with van der Waals surface area (Å²) in [6.07, 6.45) is 2.09. The number of fused-ring (bicyclic) bond motifs is 4. The zero-order valence-electron chi connectivity index (χ0n) is 21.1. The molecule has 39 heavy (non-hydrogen) atoms. The molecule has 0 fully saturated rings. The van der Waals surface area contributed by atoms with Crippen LogP contribution in [0, 0.1) is 0 Å². The van der Waals surface area contributed by atoms with Gasteiger partial charge in [-0.25, -0.2) is 9.50 Å². The Morgan fingerprint density at radius 3 is 1.67 bits per heavy atom. The fourth-order valence-electron chi connectivity index (χ4n) is 5.49. The molecule has 0 aliphatic carbocycles. The molecule has 0 aliphatic rings. The summed E-state index contributed by atoms with van der Waals surface area (Å²) >= 11 is 0. The minimum atomic E-state index is 0.856. The predicted octanol–water partition coefficient (Wildman–Crippen LogP) is 9.19. The number of nitrogens with zero attached hydrogens (tertiary/aromatic N) is 3. The molecule has 0 unspecified atom stereocenters. The van der Waals surface area contributed by atoms with Gasteiger partial charge in [0.25, 0.3) is 0 Å². The molecule has 5 aromatic carbocycles. The first kappa shape index (κ1) is 21.8. The molecule has 0 N–H and O–H groups in total. The standard InChI is InChI=1S/C36H23N3/c1-3-9-26-17-29(15-13-24(26)7-1)32-20-34(30-16-14-25-8-2-4-10-27(25)18-30)37-35(21-32)36-22-33-19-28-11-5-6-12-31(28)23-39(33)38-36/h1-23H. The van der Waals surface area contributed by atoms with Gasteiger partial charge in [0.2, 0.25) is 0 Å². The Morgan fingerprint density at radius 1 is 0.385 bits per heavy atom. The van der Waals surface area contributed by atoms with E-state index in [9.17, 15) is 0 Å². The van der Waals surface area contributed by atoms with E-state index in [2.05, 4.69) is 140 Å². The van der Waals surface area contributed by atoms with Gasteiger partial charge in [0.05, 0.1) is 16.9 Å². The van der Waals surface area contributed by atoms with E-state index in [4.69, 9.17) is 10.1 Å². The molecule has 0 aliphatic heterocycles. The van der Waals surface area contributed by atoms with Crippen LogP contribution in [0.4, 0.5) is 0 Å². The van der Waals surface area contributed by atoms with Crippen LogP contribution in [0.5, 0.6) is 0 Å². The van der Waals surface area contributed by atoms with Crippen LogP contribution in [0.2, 0.25) is 0 Å². The van der Waals surface area contributed by atoms with E-state index in [1.807, 2.05) is 4.52 Å². The zero-order chi connectivity index (χ0) is 25.8. The highest BCUT2D eigenvalue weighted by Crippen LogP contribution is 2.33. The van der Waals surface area contributed by atoms with E-state index < -0.39 is 0 Å². The summed E-state index contributed by atoms with van der Waals surface area (Å²) in [6, 6.07) is 47.2. The number of rotatable bonds is 3. The minimum absolute atomic E-state index is 0.856. The van der Waals surface area contributed by atoms with Crippen LogP contribution in [-0.2, 0) is 0 Å². The lowest BCUT2D eigenvalue weighted by atomic mass is 9.98. The zero-order valence-corrected chi connectivity index (χ0v) is 21.1. The van der Waals surface area contributed by atoms with E-state index in [1.165, 1.54) is 26.9 Å². The monoisotopic (exact) mass is 497 g/mol. The van der Waals surface area contributed by atoms with Gasteiger partial charge in [0.1, 0.15) is 5.69 Å². The first-order valence-electron chi connectivity index (χ1n) is 13.2. The van der Waals surface area contributed by atoms with Crippen LogP contribution in [0.15, 0.2) is 140 Å². The van der Waals surface area contributed by atoms with Crippen molar-refractivity contribution in [1.82, 2.24) is 14.6 Å². The van der Waals surface area contributed by atoms with Gasteiger partial charge in [0.15, 0.2) is 0 Å². The van der Waals surface area contributed by atoms with Crippen molar-refractivity contribution in [3.8, 4) is 33.8 Å². The fourth-order valence-corrected chi connectivity index (χ4v) is 5.49. The van der Waals surface area contributed by atoms with Gasteiger partial charge in [-0.05, 0) is 74.5 Å². The van der Waals surface area contributed by atoms with Crippen LogP contribution in [0.1, 0.15) is 0 Å². The summed E-state index contributed by atoms with van der Waals surface area (Å²) in [6.45, 7) is 0. The molecular weight excluding hydrogens is 474 g/mol. The lowest BCUT2D eigenvalue weighted by Crippen LogP contribution is -1.93. The average molecular weight is 498 g/mol.